The fourth-order valence-corrected chi connectivity index (χ4v) is 9.40. The second-order valence-electron chi connectivity index (χ2n) is 20.3. The number of carbonyl (C=O) groups excluding carboxylic acids is 1. The first-order chi connectivity index (χ1) is 31.0. The molecule has 0 heterocycles. The lowest BCUT2D eigenvalue weighted by molar-refractivity contribution is -0.125. The predicted octanol–water partition coefficient (Wildman–Crippen LogP) is 17.9. The number of aliphatic hydroxyl groups is 3. The van der Waals surface area contributed by atoms with Gasteiger partial charge in [0, 0.05) is 0 Å². The molecule has 5 heteroatoms. The van der Waals surface area contributed by atoms with Crippen LogP contribution >= 0.6 is 0 Å². The van der Waals surface area contributed by atoms with Gasteiger partial charge in [0.05, 0.1) is 31.3 Å². The number of nitrogens with one attached hydrogen (secondary N) is 1. The summed E-state index contributed by atoms with van der Waals surface area (Å²) in [5, 5.41) is 33.6. The van der Waals surface area contributed by atoms with E-state index in [-0.39, 0.29) is 18.9 Å². The van der Waals surface area contributed by atoms with Gasteiger partial charge in [-0.15, -0.1) is 0 Å². The molecule has 0 fully saturated rings. The van der Waals surface area contributed by atoms with Crippen LogP contribution in [-0.4, -0.2) is 46.1 Å². The SMILES string of the molecule is CCCCCCCCCCCCCC/C=C\CCCCCCCCCCCCCCCC(O)CC(=O)NC(CO)C(O)CCCCCCCCCCCCCCCCCCCCC. The lowest BCUT2D eigenvalue weighted by Crippen LogP contribution is -2.46. The monoisotopic (exact) mass is 890 g/mol. The highest BCUT2D eigenvalue weighted by Gasteiger charge is 2.21. The molecular formula is C58H115NO4. The molecule has 0 aromatic heterocycles. The Kier molecular flexibility index (Phi) is 52.9. The molecular weight excluding hydrogens is 775 g/mol. The minimum Gasteiger partial charge on any atom is -0.394 e. The molecule has 0 aromatic rings. The van der Waals surface area contributed by atoms with Gasteiger partial charge in [-0.05, 0) is 38.5 Å². The van der Waals surface area contributed by atoms with Crippen LogP contribution in [0.3, 0.4) is 0 Å². The fourth-order valence-electron chi connectivity index (χ4n) is 9.40. The summed E-state index contributed by atoms with van der Waals surface area (Å²) in [4.78, 5) is 12.5. The van der Waals surface area contributed by atoms with Crippen LogP contribution in [0.15, 0.2) is 12.2 Å². The Morgan fingerprint density at radius 2 is 0.635 bits per heavy atom. The number of aliphatic hydroxyl groups excluding tert-OH is 3. The summed E-state index contributed by atoms with van der Waals surface area (Å²) in [7, 11) is 0. The third kappa shape index (κ3) is 50.3. The van der Waals surface area contributed by atoms with E-state index in [1.807, 2.05) is 0 Å². The summed E-state index contributed by atoms with van der Waals surface area (Å²) in [5.41, 5.74) is 0. The highest BCUT2D eigenvalue weighted by atomic mass is 16.3. The van der Waals surface area contributed by atoms with Crippen LogP contribution in [0.5, 0.6) is 0 Å². The standard InChI is InChI=1S/C58H115NO4/c1-3-5-7-9-11-13-15-17-19-21-23-24-25-26-27-28-29-30-31-32-34-35-37-39-41-43-45-47-49-51-55(61)53-58(63)59-56(54-60)57(62)52-50-48-46-44-42-40-38-36-33-22-20-18-16-14-12-10-8-6-4-2/h26-27,55-57,60-62H,3-25,28-54H2,1-2H3,(H,59,63)/b27-26-. The van der Waals surface area contributed by atoms with Crippen LogP contribution in [0.1, 0.15) is 328 Å². The van der Waals surface area contributed by atoms with Crippen molar-refractivity contribution in [3.05, 3.63) is 12.2 Å². The normalized spacial score (nSPS) is 13.3. The second-order valence-corrected chi connectivity index (χ2v) is 20.3. The molecule has 63 heavy (non-hydrogen) atoms. The van der Waals surface area contributed by atoms with E-state index in [1.54, 1.807) is 0 Å². The molecule has 1 amide bonds. The smallest absolute Gasteiger partial charge is 0.222 e. The summed E-state index contributed by atoms with van der Waals surface area (Å²) in [6.07, 6.45) is 66.6. The van der Waals surface area contributed by atoms with E-state index < -0.39 is 18.2 Å². The number of carbonyl (C=O) groups is 1. The van der Waals surface area contributed by atoms with Crippen molar-refractivity contribution in [2.24, 2.45) is 0 Å². The Labute approximate surface area is 395 Å². The maximum absolute atomic E-state index is 12.5. The Morgan fingerprint density at radius 1 is 0.381 bits per heavy atom. The number of amides is 1. The van der Waals surface area contributed by atoms with Crippen LogP contribution in [-0.2, 0) is 4.79 Å². The Morgan fingerprint density at radius 3 is 0.921 bits per heavy atom. The largest absolute Gasteiger partial charge is 0.394 e. The average molecular weight is 891 g/mol. The van der Waals surface area contributed by atoms with Crippen molar-refractivity contribution in [2.75, 3.05) is 6.61 Å². The zero-order valence-electron chi connectivity index (χ0n) is 43.0. The number of unbranched alkanes of at least 4 members (excludes halogenated alkanes) is 43. The zero-order chi connectivity index (χ0) is 45.8. The summed E-state index contributed by atoms with van der Waals surface area (Å²) in [6.45, 7) is 4.30. The molecule has 3 unspecified atom stereocenters. The Balaban J connectivity index is 3.49. The van der Waals surface area contributed by atoms with E-state index >= 15 is 0 Å². The molecule has 4 N–H and O–H groups in total. The summed E-state index contributed by atoms with van der Waals surface area (Å²) >= 11 is 0. The first kappa shape index (κ1) is 62.1. The van der Waals surface area contributed by atoms with Crippen molar-refractivity contribution >= 4 is 5.91 Å². The van der Waals surface area contributed by atoms with Gasteiger partial charge in [-0.25, -0.2) is 0 Å². The first-order valence-corrected chi connectivity index (χ1v) is 29.0. The molecule has 5 nitrogen and oxygen atoms in total. The van der Waals surface area contributed by atoms with E-state index in [1.165, 1.54) is 270 Å². The highest BCUT2D eigenvalue weighted by molar-refractivity contribution is 5.76. The predicted molar refractivity (Wildman–Crippen MR) is 278 cm³/mol. The summed E-state index contributed by atoms with van der Waals surface area (Å²) in [5.74, 6) is -0.277. The molecule has 376 valence electrons. The number of hydrogen-bond donors (Lipinski definition) is 4. The van der Waals surface area contributed by atoms with Crippen LogP contribution in [0, 0.1) is 0 Å². The second kappa shape index (κ2) is 53.7. The molecule has 0 aliphatic heterocycles. The van der Waals surface area contributed by atoms with E-state index in [0.29, 0.717) is 12.8 Å². The van der Waals surface area contributed by atoms with Crippen LogP contribution < -0.4 is 5.32 Å². The van der Waals surface area contributed by atoms with Crippen molar-refractivity contribution in [1.29, 1.82) is 0 Å². The van der Waals surface area contributed by atoms with E-state index in [2.05, 4.69) is 31.3 Å². The molecule has 0 aliphatic carbocycles. The number of hydrogen-bond acceptors (Lipinski definition) is 4. The molecule has 0 saturated carbocycles. The fraction of sp³-hybridized carbons (Fsp3) is 0.948. The van der Waals surface area contributed by atoms with Gasteiger partial charge >= 0.3 is 0 Å². The van der Waals surface area contributed by atoms with Gasteiger partial charge in [-0.1, -0.05) is 296 Å². The molecule has 0 aliphatic rings. The molecule has 0 saturated heterocycles. The molecule has 0 rings (SSSR count). The van der Waals surface area contributed by atoms with Crippen molar-refractivity contribution in [3.8, 4) is 0 Å². The molecule has 0 bridgehead atoms. The maximum Gasteiger partial charge on any atom is 0.222 e. The molecule has 0 spiro atoms. The van der Waals surface area contributed by atoms with Crippen molar-refractivity contribution < 1.29 is 20.1 Å². The van der Waals surface area contributed by atoms with Crippen molar-refractivity contribution in [3.63, 3.8) is 0 Å². The number of rotatable bonds is 54. The zero-order valence-corrected chi connectivity index (χ0v) is 43.0. The Bertz CT molecular complexity index is 894. The van der Waals surface area contributed by atoms with Gasteiger partial charge in [-0.3, -0.25) is 4.79 Å². The van der Waals surface area contributed by atoms with Gasteiger partial charge < -0.3 is 20.6 Å². The van der Waals surface area contributed by atoms with E-state index in [9.17, 15) is 20.1 Å². The van der Waals surface area contributed by atoms with Crippen LogP contribution in [0.25, 0.3) is 0 Å². The molecule has 3 atom stereocenters. The van der Waals surface area contributed by atoms with E-state index in [4.69, 9.17) is 0 Å². The maximum atomic E-state index is 12.5. The van der Waals surface area contributed by atoms with Gasteiger partial charge in [0.25, 0.3) is 0 Å². The van der Waals surface area contributed by atoms with Gasteiger partial charge in [0.1, 0.15) is 0 Å². The minimum atomic E-state index is -0.747. The van der Waals surface area contributed by atoms with E-state index in [0.717, 1.165) is 25.7 Å². The van der Waals surface area contributed by atoms with Crippen molar-refractivity contribution in [1.82, 2.24) is 5.32 Å². The molecule has 0 aromatic carbocycles. The number of allylic oxidation sites excluding steroid dienone is 2. The topological polar surface area (TPSA) is 89.8 Å². The first-order valence-electron chi connectivity index (χ1n) is 29.0. The van der Waals surface area contributed by atoms with Gasteiger partial charge in [-0.2, -0.15) is 0 Å². The minimum absolute atomic E-state index is 0.0407. The van der Waals surface area contributed by atoms with Crippen molar-refractivity contribution in [2.45, 2.75) is 347 Å². The average Bonchev–Trinajstić information content (AvgIpc) is 3.28. The van der Waals surface area contributed by atoms with Crippen LogP contribution in [0.4, 0.5) is 0 Å². The molecule has 0 radical (unpaired) electrons. The third-order valence-electron chi connectivity index (χ3n) is 13.8. The lowest BCUT2D eigenvalue weighted by Gasteiger charge is -2.23. The Hall–Kier alpha value is -0.910. The van der Waals surface area contributed by atoms with Gasteiger partial charge in [0.15, 0.2) is 0 Å². The lowest BCUT2D eigenvalue weighted by atomic mass is 10.0. The summed E-state index contributed by atoms with van der Waals surface area (Å²) < 4.78 is 0. The highest BCUT2D eigenvalue weighted by Crippen LogP contribution is 2.18. The third-order valence-corrected chi connectivity index (χ3v) is 13.8. The summed E-state index contributed by atoms with van der Waals surface area (Å²) in [6, 6.07) is -0.656. The van der Waals surface area contributed by atoms with Crippen LogP contribution in [0.2, 0.25) is 0 Å². The van der Waals surface area contributed by atoms with Gasteiger partial charge in [0.2, 0.25) is 5.91 Å². The quantitative estimate of drug-likeness (QED) is 0.0362.